The molecule has 1 amide bonds. The van der Waals surface area contributed by atoms with Gasteiger partial charge in [0.15, 0.2) is 6.54 Å². The number of amides is 1. The highest BCUT2D eigenvalue weighted by Gasteiger charge is 2.24. The normalized spacial score (nSPS) is 20.9. The van der Waals surface area contributed by atoms with Gasteiger partial charge in [0, 0.05) is 11.3 Å². The van der Waals surface area contributed by atoms with Crippen molar-refractivity contribution in [1.29, 1.82) is 0 Å². The van der Waals surface area contributed by atoms with E-state index in [2.05, 4.69) is 35.6 Å². The number of para-hydroxylation sites is 1. The summed E-state index contributed by atoms with van der Waals surface area (Å²) in [7, 11) is 0. The Kier molecular flexibility index (Phi) is 5.40. The number of hydrogen-bond acceptors (Lipinski definition) is 1. The number of piperazine rings is 1. The Labute approximate surface area is 137 Å². The summed E-state index contributed by atoms with van der Waals surface area (Å²) in [5, 5.41) is 2.97. The van der Waals surface area contributed by atoms with Crippen LogP contribution in [0, 0.1) is 0 Å². The first-order valence-corrected chi connectivity index (χ1v) is 8.35. The first kappa shape index (κ1) is 15.7. The number of benzene rings is 2. The third-order valence-electron chi connectivity index (χ3n) is 4.43. The fraction of sp³-hybridized carbons (Fsp3) is 0.316. The summed E-state index contributed by atoms with van der Waals surface area (Å²) in [6.07, 6.45) is 0. The van der Waals surface area contributed by atoms with Crippen molar-refractivity contribution in [2.24, 2.45) is 0 Å². The molecule has 120 valence electrons. The molecule has 1 fully saturated rings. The minimum absolute atomic E-state index is 0.109. The highest BCUT2D eigenvalue weighted by atomic mass is 16.2. The van der Waals surface area contributed by atoms with Crippen molar-refractivity contribution in [2.45, 2.75) is 6.54 Å². The monoisotopic (exact) mass is 311 g/mol. The van der Waals surface area contributed by atoms with Crippen LogP contribution in [0.5, 0.6) is 0 Å². The maximum atomic E-state index is 12.1. The third-order valence-corrected chi connectivity index (χ3v) is 4.43. The van der Waals surface area contributed by atoms with E-state index in [-0.39, 0.29) is 5.91 Å². The van der Waals surface area contributed by atoms with E-state index in [1.807, 2.05) is 30.3 Å². The molecule has 0 spiro atoms. The largest absolute Gasteiger partial charge is 0.322 e. The summed E-state index contributed by atoms with van der Waals surface area (Å²) in [4.78, 5) is 15.1. The summed E-state index contributed by atoms with van der Waals surface area (Å²) in [5.74, 6) is 0.109. The van der Waals surface area contributed by atoms with Gasteiger partial charge in [-0.2, -0.15) is 0 Å². The summed E-state index contributed by atoms with van der Waals surface area (Å²) >= 11 is 0. The summed E-state index contributed by atoms with van der Waals surface area (Å²) in [6, 6.07) is 20.3. The van der Waals surface area contributed by atoms with Crippen LogP contribution in [0.15, 0.2) is 60.7 Å². The van der Waals surface area contributed by atoms with E-state index in [0.717, 1.165) is 38.4 Å². The molecule has 2 aromatic carbocycles. The predicted octanol–water partition coefficient (Wildman–Crippen LogP) is -0.391. The van der Waals surface area contributed by atoms with E-state index < -0.39 is 0 Å². The van der Waals surface area contributed by atoms with Crippen molar-refractivity contribution in [2.75, 3.05) is 38.0 Å². The van der Waals surface area contributed by atoms with E-state index in [1.54, 1.807) is 4.90 Å². The summed E-state index contributed by atoms with van der Waals surface area (Å²) < 4.78 is 0. The van der Waals surface area contributed by atoms with Crippen LogP contribution in [-0.2, 0) is 11.3 Å². The Hall–Kier alpha value is -2.17. The molecular weight excluding hydrogens is 286 g/mol. The van der Waals surface area contributed by atoms with E-state index >= 15 is 0 Å². The van der Waals surface area contributed by atoms with Crippen LogP contribution in [-0.4, -0.2) is 38.6 Å². The van der Waals surface area contributed by atoms with Crippen molar-refractivity contribution >= 4 is 11.6 Å². The number of nitrogens with one attached hydrogen (secondary N) is 3. The van der Waals surface area contributed by atoms with Crippen LogP contribution in [0.1, 0.15) is 5.56 Å². The van der Waals surface area contributed by atoms with Crippen LogP contribution in [0.25, 0.3) is 0 Å². The van der Waals surface area contributed by atoms with Gasteiger partial charge in [0.2, 0.25) is 0 Å². The zero-order valence-electron chi connectivity index (χ0n) is 13.4. The molecule has 0 bridgehead atoms. The highest BCUT2D eigenvalue weighted by Crippen LogP contribution is 2.03. The molecule has 4 nitrogen and oxygen atoms in total. The molecule has 0 aromatic heterocycles. The second kappa shape index (κ2) is 7.90. The van der Waals surface area contributed by atoms with Gasteiger partial charge in [0.05, 0.1) is 0 Å². The number of anilines is 1. The Morgan fingerprint density at radius 3 is 2.04 bits per heavy atom. The second-order valence-electron chi connectivity index (χ2n) is 6.25. The molecule has 3 rings (SSSR count). The lowest BCUT2D eigenvalue weighted by molar-refractivity contribution is -1.02. The molecule has 23 heavy (non-hydrogen) atoms. The predicted molar refractivity (Wildman–Crippen MR) is 91.5 cm³/mol. The minimum Gasteiger partial charge on any atom is -0.322 e. The van der Waals surface area contributed by atoms with Crippen LogP contribution in [0.4, 0.5) is 5.69 Å². The van der Waals surface area contributed by atoms with Crippen LogP contribution in [0.2, 0.25) is 0 Å². The van der Waals surface area contributed by atoms with Crippen LogP contribution >= 0.6 is 0 Å². The van der Waals surface area contributed by atoms with Crippen molar-refractivity contribution in [3.05, 3.63) is 66.2 Å². The highest BCUT2D eigenvalue weighted by molar-refractivity contribution is 5.91. The average molecular weight is 311 g/mol. The zero-order chi connectivity index (χ0) is 15.9. The topological polar surface area (TPSA) is 38.0 Å². The van der Waals surface area contributed by atoms with Gasteiger partial charge in [-0.1, -0.05) is 48.5 Å². The quantitative estimate of drug-likeness (QED) is 0.691. The van der Waals surface area contributed by atoms with Gasteiger partial charge in [-0.25, -0.2) is 0 Å². The third kappa shape index (κ3) is 4.91. The van der Waals surface area contributed by atoms with Crippen LogP contribution < -0.4 is 15.1 Å². The Morgan fingerprint density at radius 2 is 1.39 bits per heavy atom. The van der Waals surface area contributed by atoms with E-state index in [4.69, 9.17) is 0 Å². The van der Waals surface area contributed by atoms with Gasteiger partial charge in [0.1, 0.15) is 32.7 Å². The molecule has 2 aromatic rings. The SMILES string of the molecule is O=C(C[NH+]1CC[NH+](Cc2ccccc2)CC1)Nc1ccccc1. The maximum Gasteiger partial charge on any atom is 0.279 e. The van der Waals surface area contributed by atoms with Gasteiger partial charge in [-0.3, -0.25) is 4.79 Å². The lowest BCUT2D eigenvalue weighted by Gasteiger charge is -2.29. The fourth-order valence-electron chi connectivity index (χ4n) is 3.15. The number of rotatable bonds is 5. The van der Waals surface area contributed by atoms with E-state index in [9.17, 15) is 4.79 Å². The molecule has 1 aliphatic heterocycles. The van der Waals surface area contributed by atoms with Gasteiger partial charge >= 0.3 is 0 Å². The lowest BCUT2D eigenvalue weighted by atomic mass is 10.2. The number of carbonyl (C=O) groups excluding carboxylic acids is 1. The summed E-state index contributed by atoms with van der Waals surface area (Å²) in [5.41, 5.74) is 2.28. The van der Waals surface area contributed by atoms with E-state index in [1.165, 1.54) is 10.5 Å². The Balaban J connectivity index is 1.41. The minimum atomic E-state index is 0.109. The maximum absolute atomic E-state index is 12.1. The fourth-order valence-corrected chi connectivity index (χ4v) is 3.15. The molecule has 0 unspecified atom stereocenters. The molecular formula is C19H25N3O+2. The number of hydrogen-bond donors (Lipinski definition) is 3. The van der Waals surface area contributed by atoms with Crippen molar-refractivity contribution in [1.82, 2.24) is 0 Å². The second-order valence-corrected chi connectivity index (χ2v) is 6.25. The molecule has 0 radical (unpaired) electrons. The molecule has 0 atom stereocenters. The zero-order valence-corrected chi connectivity index (χ0v) is 13.4. The molecule has 1 heterocycles. The first-order valence-electron chi connectivity index (χ1n) is 8.35. The average Bonchev–Trinajstić information content (AvgIpc) is 2.58. The molecule has 0 saturated carbocycles. The summed E-state index contributed by atoms with van der Waals surface area (Å²) in [6.45, 7) is 6.03. The van der Waals surface area contributed by atoms with Gasteiger partial charge in [0.25, 0.3) is 5.91 Å². The van der Waals surface area contributed by atoms with Crippen molar-refractivity contribution in [3.8, 4) is 0 Å². The van der Waals surface area contributed by atoms with Crippen molar-refractivity contribution < 1.29 is 14.6 Å². The van der Waals surface area contributed by atoms with Gasteiger partial charge < -0.3 is 15.1 Å². The molecule has 3 N–H and O–H groups in total. The lowest BCUT2D eigenvalue weighted by Crippen LogP contribution is -3.28. The van der Waals surface area contributed by atoms with Crippen LogP contribution in [0.3, 0.4) is 0 Å². The van der Waals surface area contributed by atoms with Gasteiger partial charge in [-0.15, -0.1) is 0 Å². The number of carbonyl (C=O) groups is 1. The smallest absolute Gasteiger partial charge is 0.279 e. The molecule has 0 aliphatic carbocycles. The Bertz CT molecular complexity index is 607. The Morgan fingerprint density at radius 1 is 0.826 bits per heavy atom. The molecule has 1 saturated heterocycles. The standard InChI is InChI=1S/C19H23N3O/c23-19(20-18-9-5-2-6-10-18)16-22-13-11-21(12-14-22)15-17-7-3-1-4-8-17/h1-10H,11-16H2,(H,20,23)/p+2. The first-order chi connectivity index (χ1) is 11.3. The van der Waals surface area contributed by atoms with Crippen molar-refractivity contribution in [3.63, 3.8) is 0 Å². The van der Waals surface area contributed by atoms with E-state index in [0.29, 0.717) is 6.54 Å². The number of quaternary nitrogens is 2. The molecule has 1 aliphatic rings. The van der Waals surface area contributed by atoms with Gasteiger partial charge in [-0.05, 0) is 12.1 Å². The molecule has 4 heteroatoms.